The SMILES string of the molecule is CCOc1ccc(CCNC(=O)CSc2ncnc3sc4c(c23)CCCC4)cc1OCC. The highest BCUT2D eigenvalue weighted by Gasteiger charge is 2.20. The van der Waals surface area contributed by atoms with Crippen molar-refractivity contribution in [3.8, 4) is 11.5 Å². The van der Waals surface area contributed by atoms with E-state index in [0.717, 1.165) is 46.2 Å². The second-order valence-corrected chi connectivity index (χ2v) is 9.65. The molecule has 0 bridgehead atoms. The van der Waals surface area contributed by atoms with E-state index in [1.165, 1.54) is 40.4 Å². The van der Waals surface area contributed by atoms with Crippen LogP contribution < -0.4 is 14.8 Å². The topological polar surface area (TPSA) is 73.3 Å². The Labute approximate surface area is 197 Å². The first-order valence-corrected chi connectivity index (χ1v) is 13.0. The number of ether oxygens (including phenoxy) is 2. The van der Waals surface area contributed by atoms with E-state index in [9.17, 15) is 4.79 Å². The predicted octanol–water partition coefficient (Wildman–Crippen LogP) is 4.82. The van der Waals surface area contributed by atoms with Crippen molar-refractivity contribution in [2.45, 2.75) is 51.0 Å². The Hall–Kier alpha value is -2.32. The average Bonchev–Trinajstić information content (AvgIpc) is 3.19. The molecule has 1 amide bonds. The summed E-state index contributed by atoms with van der Waals surface area (Å²) in [4.78, 5) is 23.9. The first-order valence-electron chi connectivity index (χ1n) is 11.2. The van der Waals surface area contributed by atoms with Crippen LogP contribution in [0.3, 0.4) is 0 Å². The van der Waals surface area contributed by atoms with Gasteiger partial charge < -0.3 is 14.8 Å². The first-order chi connectivity index (χ1) is 15.7. The number of nitrogens with one attached hydrogen (secondary N) is 1. The largest absolute Gasteiger partial charge is 0.490 e. The molecule has 170 valence electrons. The van der Waals surface area contributed by atoms with Gasteiger partial charge in [0.2, 0.25) is 5.91 Å². The van der Waals surface area contributed by atoms with Gasteiger partial charge in [0.25, 0.3) is 0 Å². The minimum absolute atomic E-state index is 0.0156. The standard InChI is InChI=1S/C24H29N3O3S2/c1-3-29-18-10-9-16(13-19(18)30-4-2)11-12-25-21(28)14-31-23-22-17-7-5-6-8-20(17)32-24(22)27-15-26-23/h9-10,13,15H,3-8,11-12,14H2,1-2H3,(H,25,28). The van der Waals surface area contributed by atoms with E-state index in [4.69, 9.17) is 9.47 Å². The molecule has 3 aromatic rings. The van der Waals surface area contributed by atoms with Gasteiger partial charge in [0.05, 0.1) is 19.0 Å². The summed E-state index contributed by atoms with van der Waals surface area (Å²) >= 11 is 3.29. The Kier molecular flexibility index (Phi) is 7.86. The van der Waals surface area contributed by atoms with E-state index in [2.05, 4.69) is 15.3 Å². The van der Waals surface area contributed by atoms with Gasteiger partial charge >= 0.3 is 0 Å². The van der Waals surface area contributed by atoms with Gasteiger partial charge in [0.15, 0.2) is 11.5 Å². The van der Waals surface area contributed by atoms with Crippen LogP contribution in [0.2, 0.25) is 0 Å². The summed E-state index contributed by atoms with van der Waals surface area (Å²) in [7, 11) is 0. The van der Waals surface area contributed by atoms with Gasteiger partial charge in [-0.3, -0.25) is 4.79 Å². The molecule has 0 saturated heterocycles. The number of thiophene rings is 1. The molecular formula is C24H29N3O3S2. The minimum atomic E-state index is 0.0156. The average molecular weight is 472 g/mol. The van der Waals surface area contributed by atoms with Crippen molar-refractivity contribution < 1.29 is 14.3 Å². The maximum atomic E-state index is 12.5. The highest BCUT2D eigenvalue weighted by Crippen LogP contribution is 2.39. The normalized spacial score (nSPS) is 13.1. The van der Waals surface area contributed by atoms with E-state index < -0.39 is 0 Å². The van der Waals surface area contributed by atoms with Crippen LogP contribution in [0, 0.1) is 0 Å². The van der Waals surface area contributed by atoms with Crippen molar-refractivity contribution in [1.82, 2.24) is 15.3 Å². The lowest BCUT2D eigenvalue weighted by Crippen LogP contribution is -2.27. The number of aryl methyl sites for hydroxylation is 2. The Morgan fingerprint density at radius 1 is 1.12 bits per heavy atom. The monoisotopic (exact) mass is 471 g/mol. The van der Waals surface area contributed by atoms with E-state index in [1.54, 1.807) is 17.7 Å². The molecule has 0 radical (unpaired) electrons. The zero-order valence-electron chi connectivity index (χ0n) is 18.6. The van der Waals surface area contributed by atoms with Gasteiger partial charge in [0.1, 0.15) is 16.2 Å². The van der Waals surface area contributed by atoms with Gasteiger partial charge in [-0.2, -0.15) is 0 Å². The van der Waals surface area contributed by atoms with Crippen molar-refractivity contribution in [1.29, 1.82) is 0 Å². The number of nitrogens with zero attached hydrogens (tertiary/aromatic N) is 2. The Morgan fingerprint density at radius 2 is 1.94 bits per heavy atom. The molecule has 32 heavy (non-hydrogen) atoms. The quantitative estimate of drug-likeness (QED) is 0.338. The molecule has 1 aromatic carbocycles. The molecule has 0 fully saturated rings. The molecule has 6 nitrogen and oxygen atoms in total. The minimum Gasteiger partial charge on any atom is -0.490 e. The van der Waals surface area contributed by atoms with Crippen LogP contribution in [0.15, 0.2) is 29.6 Å². The van der Waals surface area contributed by atoms with Crippen LogP contribution in [-0.4, -0.2) is 41.4 Å². The summed E-state index contributed by atoms with van der Waals surface area (Å²) in [6, 6.07) is 5.95. The third-order valence-electron chi connectivity index (χ3n) is 5.40. The molecular weight excluding hydrogens is 442 g/mol. The van der Waals surface area contributed by atoms with E-state index in [1.807, 2.05) is 32.0 Å². The van der Waals surface area contributed by atoms with Crippen LogP contribution in [0.5, 0.6) is 11.5 Å². The van der Waals surface area contributed by atoms with Gasteiger partial charge in [-0.25, -0.2) is 9.97 Å². The number of benzene rings is 1. The number of thioether (sulfide) groups is 1. The van der Waals surface area contributed by atoms with Gasteiger partial charge in [0, 0.05) is 16.8 Å². The van der Waals surface area contributed by atoms with E-state index in [0.29, 0.717) is 25.5 Å². The first kappa shape index (κ1) is 22.9. The zero-order valence-corrected chi connectivity index (χ0v) is 20.2. The number of hydrogen-bond donors (Lipinski definition) is 1. The lowest BCUT2D eigenvalue weighted by Gasteiger charge is -2.13. The number of hydrogen-bond acceptors (Lipinski definition) is 7. The van der Waals surface area contributed by atoms with Crippen LogP contribution in [0.4, 0.5) is 0 Å². The molecule has 0 aliphatic heterocycles. The van der Waals surface area contributed by atoms with Gasteiger partial charge in [-0.05, 0) is 69.2 Å². The van der Waals surface area contributed by atoms with Gasteiger partial charge in [-0.1, -0.05) is 17.8 Å². The molecule has 0 unspecified atom stereocenters. The second-order valence-electron chi connectivity index (χ2n) is 7.61. The summed E-state index contributed by atoms with van der Waals surface area (Å²) in [5, 5.41) is 5.12. The van der Waals surface area contributed by atoms with Crippen molar-refractivity contribution in [3.63, 3.8) is 0 Å². The lowest BCUT2D eigenvalue weighted by atomic mass is 9.97. The number of carbonyl (C=O) groups excluding carboxylic acids is 1. The lowest BCUT2D eigenvalue weighted by molar-refractivity contribution is -0.118. The van der Waals surface area contributed by atoms with Crippen molar-refractivity contribution in [2.24, 2.45) is 0 Å². The maximum absolute atomic E-state index is 12.5. The molecule has 0 saturated carbocycles. The molecule has 2 heterocycles. The molecule has 4 rings (SSSR count). The van der Waals surface area contributed by atoms with Crippen LogP contribution in [0.1, 0.15) is 42.7 Å². The molecule has 8 heteroatoms. The van der Waals surface area contributed by atoms with Crippen LogP contribution in [0.25, 0.3) is 10.2 Å². The zero-order chi connectivity index (χ0) is 22.3. The molecule has 1 N–H and O–H groups in total. The highest BCUT2D eigenvalue weighted by molar-refractivity contribution is 8.00. The Morgan fingerprint density at radius 3 is 2.78 bits per heavy atom. The van der Waals surface area contributed by atoms with Crippen LogP contribution in [-0.2, 0) is 24.1 Å². The Bertz CT molecular complexity index is 1080. The summed E-state index contributed by atoms with van der Waals surface area (Å²) in [6.07, 6.45) is 7.05. The fourth-order valence-corrected chi connectivity index (χ4v) is 6.10. The fraction of sp³-hybridized carbons (Fsp3) is 0.458. The van der Waals surface area contributed by atoms with Crippen LogP contribution >= 0.6 is 23.1 Å². The summed E-state index contributed by atoms with van der Waals surface area (Å²) in [5.74, 6) is 1.87. The van der Waals surface area contributed by atoms with E-state index >= 15 is 0 Å². The maximum Gasteiger partial charge on any atom is 0.230 e. The third-order valence-corrected chi connectivity index (χ3v) is 7.59. The van der Waals surface area contributed by atoms with Crippen molar-refractivity contribution >= 4 is 39.2 Å². The molecule has 2 aromatic heterocycles. The van der Waals surface area contributed by atoms with Gasteiger partial charge in [-0.15, -0.1) is 11.3 Å². The van der Waals surface area contributed by atoms with E-state index in [-0.39, 0.29) is 5.91 Å². The molecule has 0 spiro atoms. The summed E-state index contributed by atoms with van der Waals surface area (Å²) < 4.78 is 11.3. The third kappa shape index (κ3) is 5.35. The van der Waals surface area contributed by atoms with Crippen molar-refractivity contribution in [3.05, 3.63) is 40.5 Å². The summed E-state index contributed by atoms with van der Waals surface area (Å²) in [5.41, 5.74) is 2.51. The molecule has 0 atom stereocenters. The predicted molar refractivity (Wildman–Crippen MR) is 130 cm³/mol. The fourth-order valence-electron chi connectivity index (χ4n) is 3.95. The highest BCUT2D eigenvalue weighted by atomic mass is 32.2. The Balaban J connectivity index is 1.32. The van der Waals surface area contributed by atoms with Crippen molar-refractivity contribution in [2.75, 3.05) is 25.5 Å². The molecule has 1 aliphatic rings. The summed E-state index contributed by atoms with van der Waals surface area (Å²) in [6.45, 7) is 5.67. The second kappa shape index (κ2) is 11.0. The smallest absolute Gasteiger partial charge is 0.230 e. The number of rotatable bonds is 10. The molecule has 1 aliphatic carbocycles. The number of fused-ring (bicyclic) bond motifs is 3. The number of aromatic nitrogens is 2. The number of amides is 1. The number of carbonyl (C=O) groups is 1.